The summed E-state index contributed by atoms with van der Waals surface area (Å²) in [4.78, 5) is 38.2. The highest BCUT2D eigenvalue weighted by Crippen LogP contribution is 2.40. The summed E-state index contributed by atoms with van der Waals surface area (Å²) in [7, 11) is 1.28. The predicted octanol–water partition coefficient (Wildman–Crippen LogP) is 0.533. The summed E-state index contributed by atoms with van der Waals surface area (Å²) in [6, 6.07) is 7.40. The normalized spacial score (nSPS) is 23.5. The number of hydrogen-bond acceptors (Lipinski definition) is 6. The molecule has 1 fully saturated rings. The van der Waals surface area contributed by atoms with E-state index in [9.17, 15) is 14.4 Å². The number of hydrogen-bond donors (Lipinski definition) is 2. The van der Waals surface area contributed by atoms with Gasteiger partial charge in [-0.05, 0) is 18.1 Å². The Hall–Kier alpha value is -2.32. The van der Waals surface area contributed by atoms with Crippen molar-refractivity contribution >= 4 is 29.5 Å². The standard InChI is InChI=1S/C17H19N3O4S/c1-9-8-25-16-12(15(22)20(16)13(9)17(23)24-2)19-14(21)11(18)10-6-4-3-5-7-10/h3-7,11-12,16H,8,18H2,1-2H3,(H,19,21)/t11?,12?,16-/m0/s1. The molecule has 2 amide bonds. The molecule has 8 heteroatoms. The molecule has 0 bridgehead atoms. The second kappa shape index (κ2) is 6.89. The van der Waals surface area contributed by atoms with Crippen molar-refractivity contribution in [2.75, 3.05) is 12.9 Å². The maximum Gasteiger partial charge on any atom is 0.354 e. The fourth-order valence-corrected chi connectivity index (χ4v) is 4.21. The molecule has 3 N–H and O–H groups in total. The number of benzene rings is 1. The highest BCUT2D eigenvalue weighted by Gasteiger charge is 2.54. The molecule has 0 aliphatic carbocycles. The molecule has 0 saturated carbocycles. The van der Waals surface area contributed by atoms with Crippen LogP contribution in [0.15, 0.2) is 41.6 Å². The van der Waals surface area contributed by atoms with Gasteiger partial charge in [0.05, 0.1) is 7.11 Å². The van der Waals surface area contributed by atoms with E-state index < -0.39 is 24.0 Å². The molecule has 1 saturated heterocycles. The number of amides is 2. The quantitative estimate of drug-likeness (QED) is 0.599. The fourth-order valence-electron chi connectivity index (χ4n) is 2.91. The summed E-state index contributed by atoms with van der Waals surface area (Å²) in [5.74, 6) is -0.695. The van der Waals surface area contributed by atoms with Crippen molar-refractivity contribution in [3.63, 3.8) is 0 Å². The molecule has 132 valence electrons. The van der Waals surface area contributed by atoms with Crippen LogP contribution in [0.5, 0.6) is 0 Å². The van der Waals surface area contributed by atoms with Gasteiger partial charge in [0.25, 0.3) is 5.91 Å². The monoisotopic (exact) mass is 361 g/mol. The second-order valence-electron chi connectivity index (χ2n) is 5.90. The third-order valence-electron chi connectivity index (χ3n) is 4.28. The second-order valence-corrected chi connectivity index (χ2v) is 7.01. The van der Waals surface area contributed by atoms with Crippen molar-refractivity contribution in [1.82, 2.24) is 10.2 Å². The summed E-state index contributed by atoms with van der Waals surface area (Å²) in [5.41, 5.74) is 7.70. The van der Waals surface area contributed by atoms with Gasteiger partial charge < -0.3 is 15.8 Å². The van der Waals surface area contributed by atoms with Gasteiger partial charge in [0, 0.05) is 5.75 Å². The predicted molar refractivity (Wildman–Crippen MR) is 93.1 cm³/mol. The minimum Gasteiger partial charge on any atom is -0.464 e. The lowest BCUT2D eigenvalue weighted by Gasteiger charge is -2.49. The molecule has 25 heavy (non-hydrogen) atoms. The molecule has 2 heterocycles. The molecular formula is C17H19N3O4S. The summed E-state index contributed by atoms with van der Waals surface area (Å²) in [6.07, 6.45) is 0. The van der Waals surface area contributed by atoms with Gasteiger partial charge in [-0.25, -0.2) is 4.79 Å². The number of thioether (sulfide) groups is 1. The smallest absolute Gasteiger partial charge is 0.354 e. The molecule has 3 rings (SSSR count). The van der Waals surface area contributed by atoms with E-state index in [0.717, 1.165) is 5.57 Å². The molecule has 0 aromatic heterocycles. The highest BCUT2D eigenvalue weighted by molar-refractivity contribution is 8.00. The molecule has 1 aromatic carbocycles. The third-order valence-corrected chi connectivity index (χ3v) is 5.70. The van der Waals surface area contributed by atoms with Gasteiger partial charge in [-0.1, -0.05) is 30.3 Å². The Morgan fingerprint density at radius 1 is 1.36 bits per heavy atom. The fraction of sp³-hybridized carbons (Fsp3) is 0.353. The van der Waals surface area contributed by atoms with E-state index in [2.05, 4.69) is 5.32 Å². The maximum atomic E-state index is 12.5. The number of β-lactam (4-membered cyclic amide) rings is 1. The zero-order chi connectivity index (χ0) is 18.1. The Kier molecular flexibility index (Phi) is 4.82. The molecule has 0 spiro atoms. The van der Waals surface area contributed by atoms with E-state index >= 15 is 0 Å². The Morgan fingerprint density at radius 3 is 2.68 bits per heavy atom. The van der Waals surface area contributed by atoms with Crippen LogP contribution in [-0.2, 0) is 19.1 Å². The molecule has 2 aliphatic heterocycles. The van der Waals surface area contributed by atoms with Crippen LogP contribution in [0.25, 0.3) is 0 Å². The first-order chi connectivity index (χ1) is 12.0. The number of ether oxygens (including phenoxy) is 1. The zero-order valence-corrected chi connectivity index (χ0v) is 14.7. The average molecular weight is 361 g/mol. The number of carbonyl (C=O) groups is 3. The van der Waals surface area contributed by atoms with Crippen LogP contribution in [0.1, 0.15) is 18.5 Å². The first-order valence-corrected chi connectivity index (χ1v) is 8.84. The Balaban J connectivity index is 1.72. The lowest BCUT2D eigenvalue weighted by atomic mass is 10.0. The van der Waals surface area contributed by atoms with E-state index in [4.69, 9.17) is 10.5 Å². The van der Waals surface area contributed by atoms with E-state index in [1.54, 1.807) is 31.2 Å². The zero-order valence-electron chi connectivity index (χ0n) is 13.9. The van der Waals surface area contributed by atoms with Gasteiger partial charge in [-0.2, -0.15) is 0 Å². The molecular weight excluding hydrogens is 342 g/mol. The first kappa shape index (κ1) is 17.5. The summed E-state index contributed by atoms with van der Waals surface area (Å²) in [5, 5.41) is 2.38. The number of nitrogens with zero attached hydrogens (tertiary/aromatic N) is 1. The third kappa shape index (κ3) is 3.03. The summed E-state index contributed by atoms with van der Waals surface area (Å²) in [6.45, 7) is 1.79. The van der Waals surface area contributed by atoms with Crippen molar-refractivity contribution in [2.45, 2.75) is 24.4 Å². The lowest BCUT2D eigenvalue weighted by Crippen LogP contribution is -2.71. The number of nitrogens with two attached hydrogens (primary N) is 1. The van der Waals surface area contributed by atoms with Crippen molar-refractivity contribution < 1.29 is 19.1 Å². The van der Waals surface area contributed by atoms with Crippen molar-refractivity contribution in [3.05, 3.63) is 47.2 Å². The largest absolute Gasteiger partial charge is 0.464 e. The summed E-state index contributed by atoms with van der Waals surface area (Å²) < 4.78 is 4.77. The number of carbonyl (C=O) groups excluding carboxylic acids is 3. The SMILES string of the molecule is COC(=O)C1=C(C)CS[C@H]2C(NC(=O)C(N)c3ccccc3)C(=O)N12. The summed E-state index contributed by atoms with van der Waals surface area (Å²) >= 11 is 1.50. The molecule has 1 aromatic rings. The van der Waals surface area contributed by atoms with Crippen molar-refractivity contribution in [1.29, 1.82) is 0 Å². The van der Waals surface area contributed by atoms with E-state index in [0.29, 0.717) is 11.3 Å². The molecule has 3 atom stereocenters. The highest BCUT2D eigenvalue weighted by atomic mass is 32.2. The van der Waals surface area contributed by atoms with Crippen LogP contribution in [0.4, 0.5) is 0 Å². The topological polar surface area (TPSA) is 102 Å². The van der Waals surface area contributed by atoms with Crippen LogP contribution < -0.4 is 11.1 Å². The van der Waals surface area contributed by atoms with Crippen LogP contribution in [0.3, 0.4) is 0 Å². The Morgan fingerprint density at radius 2 is 2.04 bits per heavy atom. The first-order valence-electron chi connectivity index (χ1n) is 7.79. The van der Waals surface area contributed by atoms with Crippen LogP contribution >= 0.6 is 11.8 Å². The van der Waals surface area contributed by atoms with Gasteiger partial charge in [0.15, 0.2) is 0 Å². The van der Waals surface area contributed by atoms with Gasteiger partial charge >= 0.3 is 5.97 Å². The van der Waals surface area contributed by atoms with E-state index in [1.807, 2.05) is 6.07 Å². The molecule has 0 radical (unpaired) electrons. The van der Waals surface area contributed by atoms with Crippen molar-refractivity contribution in [2.24, 2.45) is 5.73 Å². The van der Waals surface area contributed by atoms with E-state index in [1.165, 1.54) is 23.8 Å². The van der Waals surface area contributed by atoms with Crippen molar-refractivity contribution in [3.8, 4) is 0 Å². The van der Waals surface area contributed by atoms with Crippen LogP contribution in [-0.4, -0.2) is 47.0 Å². The molecule has 7 nitrogen and oxygen atoms in total. The Bertz CT molecular complexity index is 750. The number of nitrogens with one attached hydrogen (secondary N) is 1. The Labute approximate surface area is 149 Å². The minimum absolute atomic E-state index is 0.272. The van der Waals surface area contributed by atoms with Gasteiger partial charge in [-0.15, -0.1) is 11.8 Å². The van der Waals surface area contributed by atoms with Crippen LogP contribution in [0, 0.1) is 0 Å². The molecule has 2 aliphatic rings. The minimum atomic E-state index is -0.853. The number of rotatable bonds is 4. The van der Waals surface area contributed by atoms with Gasteiger partial charge in [0.1, 0.15) is 23.2 Å². The maximum absolute atomic E-state index is 12.5. The van der Waals surface area contributed by atoms with Crippen LogP contribution in [0.2, 0.25) is 0 Å². The number of esters is 1. The number of methoxy groups -OCH3 is 1. The lowest BCUT2D eigenvalue weighted by molar-refractivity contribution is -0.151. The molecule has 2 unspecified atom stereocenters. The van der Waals surface area contributed by atoms with Gasteiger partial charge in [0.2, 0.25) is 5.91 Å². The average Bonchev–Trinajstić information content (AvgIpc) is 2.65. The number of fused-ring (bicyclic) bond motifs is 1. The van der Waals surface area contributed by atoms with Gasteiger partial charge in [-0.3, -0.25) is 14.5 Å². The van der Waals surface area contributed by atoms with E-state index in [-0.39, 0.29) is 17.0 Å².